The Kier molecular flexibility index (Phi) is 9.95. The van der Waals surface area contributed by atoms with E-state index in [1.165, 1.54) is 11.1 Å². The molecule has 0 amide bonds. The minimum atomic E-state index is -3.61. The zero-order valence-electron chi connectivity index (χ0n) is 19.4. The molecule has 0 spiro atoms. The van der Waals surface area contributed by atoms with Crippen molar-refractivity contribution in [2.24, 2.45) is 0 Å². The Morgan fingerprint density at radius 2 is 0.971 bits per heavy atom. The zero-order chi connectivity index (χ0) is 25.3. The number of sulfone groups is 1. The van der Waals surface area contributed by atoms with E-state index in [0.717, 1.165) is 11.1 Å². The third-order valence-corrected chi connectivity index (χ3v) is 8.25. The van der Waals surface area contributed by atoms with Crippen molar-refractivity contribution in [2.75, 3.05) is 14.2 Å². The van der Waals surface area contributed by atoms with E-state index in [4.69, 9.17) is 9.47 Å². The van der Waals surface area contributed by atoms with Gasteiger partial charge in [0.2, 0.25) is 9.84 Å². The lowest BCUT2D eigenvalue weighted by Crippen LogP contribution is -2.04. The maximum Gasteiger partial charge on any atom is 0.206 e. The summed E-state index contributed by atoms with van der Waals surface area (Å²) in [5.41, 5.74) is 4.11. The van der Waals surface area contributed by atoms with E-state index in [1.807, 2.05) is 12.1 Å². The lowest BCUT2D eigenvalue weighted by atomic mass is 10.1. The molecule has 0 atom stereocenters. The molecule has 4 aromatic carbocycles. The second-order valence-electron chi connectivity index (χ2n) is 7.45. The minimum absolute atomic E-state index is 0.235. The predicted molar refractivity (Wildman–Crippen MR) is 149 cm³/mol. The Morgan fingerprint density at radius 1 is 0.600 bits per heavy atom. The number of hydrogen-bond donors (Lipinski definition) is 0. The highest BCUT2D eigenvalue weighted by molar-refractivity contribution is 9.08. The van der Waals surface area contributed by atoms with Crippen molar-refractivity contribution in [1.82, 2.24) is 0 Å². The molecular weight excluding hydrogens is 592 g/mol. The fourth-order valence-corrected chi connectivity index (χ4v) is 5.69. The van der Waals surface area contributed by atoms with Gasteiger partial charge in [-0.25, -0.2) is 8.42 Å². The van der Waals surface area contributed by atoms with Crippen LogP contribution in [0.1, 0.15) is 11.1 Å². The number of halogens is 2. The third-order valence-electron chi connectivity index (χ3n) is 5.29. The van der Waals surface area contributed by atoms with Gasteiger partial charge in [0.1, 0.15) is 11.5 Å². The average molecular weight is 618 g/mol. The molecule has 0 aliphatic rings. The van der Waals surface area contributed by atoms with Gasteiger partial charge in [0.15, 0.2) is 0 Å². The molecule has 0 bridgehead atoms. The molecule has 182 valence electrons. The van der Waals surface area contributed by atoms with Crippen LogP contribution in [-0.4, -0.2) is 22.6 Å². The van der Waals surface area contributed by atoms with E-state index in [9.17, 15) is 8.42 Å². The van der Waals surface area contributed by atoms with Crippen LogP contribution in [0, 0.1) is 0 Å². The summed E-state index contributed by atoms with van der Waals surface area (Å²) in [6, 6.07) is 30.5. The van der Waals surface area contributed by atoms with Crippen LogP contribution in [0.3, 0.4) is 0 Å². The van der Waals surface area contributed by atoms with Gasteiger partial charge in [0, 0.05) is 21.8 Å². The van der Waals surface area contributed by atoms with Crippen LogP contribution >= 0.6 is 31.9 Å². The average Bonchev–Trinajstić information content (AvgIpc) is 2.93. The summed E-state index contributed by atoms with van der Waals surface area (Å²) >= 11 is 6.70. The Balaban J connectivity index is 0.000000237. The predicted octanol–water partition coefficient (Wildman–Crippen LogP) is 7.68. The van der Waals surface area contributed by atoms with Gasteiger partial charge < -0.3 is 9.47 Å². The quantitative estimate of drug-likeness (QED) is 0.200. The van der Waals surface area contributed by atoms with E-state index in [-0.39, 0.29) is 9.79 Å². The number of benzene rings is 4. The summed E-state index contributed by atoms with van der Waals surface area (Å²) in [4.78, 5) is 0.469. The molecule has 0 aromatic heterocycles. The maximum absolute atomic E-state index is 12.9. The summed E-state index contributed by atoms with van der Waals surface area (Å²) in [6.45, 7) is 0. The SMILES string of the molecule is COc1ccc(S(=O)(=O)c2ccc(OC)c(CBr)c2)cc1CBr.c1ccc(-c2ccccc2)cc1. The third kappa shape index (κ3) is 6.75. The molecule has 0 heterocycles. The van der Waals surface area contributed by atoms with E-state index in [2.05, 4.69) is 80.4 Å². The van der Waals surface area contributed by atoms with Crippen LogP contribution in [0.2, 0.25) is 0 Å². The first kappa shape index (κ1) is 27.0. The van der Waals surface area contributed by atoms with E-state index < -0.39 is 9.84 Å². The van der Waals surface area contributed by atoms with Crippen molar-refractivity contribution in [3.05, 3.63) is 108 Å². The summed E-state index contributed by atoms with van der Waals surface area (Å²) in [5.74, 6) is 1.30. The van der Waals surface area contributed by atoms with Gasteiger partial charge in [-0.3, -0.25) is 0 Å². The molecule has 0 aliphatic heterocycles. The fourth-order valence-electron chi connectivity index (χ4n) is 3.45. The lowest BCUT2D eigenvalue weighted by molar-refractivity contribution is 0.411. The summed E-state index contributed by atoms with van der Waals surface area (Å²) < 4.78 is 36.2. The highest BCUT2D eigenvalue weighted by atomic mass is 79.9. The smallest absolute Gasteiger partial charge is 0.206 e. The van der Waals surface area contributed by atoms with Gasteiger partial charge in [0.25, 0.3) is 0 Å². The van der Waals surface area contributed by atoms with Crippen LogP contribution in [0.15, 0.2) is 107 Å². The molecule has 4 rings (SSSR count). The van der Waals surface area contributed by atoms with Gasteiger partial charge in [-0.2, -0.15) is 0 Å². The number of hydrogen-bond acceptors (Lipinski definition) is 4. The molecule has 4 nitrogen and oxygen atoms in total. The number of alkyl halides is 2. The molecule has 0 saturated carbocycles. The van der Waals surface area contributed by atoms with Crippen molar-refractivity contribution in [3.8, 4) is 22.6 Å². The highest BCUT2D eigenvalue weighted by Crippen LogP contribution is 2.31. The Labute approximate surface area is 224 Å². The Hall–Kier alpha value is -2.61. The van der Waals surface area contributed by atoms with Gasteiger partial charge in [-0.1, -0.05) is 92.5 Å². The standard InChI is InChI=1S/C16H16Br2O4S.C12H10/c1-21-15-5-3-13(7-11(15)9-17)23(19,20)14-4-6-16(22-2)12(8-14)10-18;1-3-7-11(8-4-1)12-9-5-2-6-10-12/h3-8H,9-10H2,1-2H3;1-10H. The number of methoxy groups -OCH3 is 2. The second-order valence-corrected chi connectivity index (χ2v) is 10.5. The van der Waals surface area contributed by atoms with Gasteiger partial charge in [0.05, 0.1) is 24.0 Å². The molecule has 0 saturated heterocycles. The van der Waals surface area contributed by atoms with Crippen molar-refractivity contribution in [2.45, 2.75) is 20.5 Å². The first-order valence-corrected chi connectivity index (χ1v) is 14.5. The Bertz CT molecular complexity index is 1240. The maximum atomic E-state index is 12.9. The molecule has 0 radical (unpaired) electrons. The lowest BCUT2D eigenvalue weighted by Gasteiger charge is -2.12. The van der Waals surface area contributed by atoms with E-state index in [0.29, 0.717) is 22.2 Å². The number of ether oxygens (including phenoxy) is 2. The molecular formula is C28H26Br2O4S. The van der Waals surface area contributed by atoms with Crippen LogP contribution in [0.5, 0.6) is 11.5 Å². The van der Waals surface area contributed by atoms with Gasteiger partial charge >= 0.3 is 0 Å². The summed E-state index contributed by atoms with van der Waals surface area (Å²) in [5, 5.41) is 1.02. The van der Waals surface area contributed by atoms with Crippen molar-refractivity contribution in [3.63, 3.8) is 0 Å². The molecule has 0 unspecified atom stereocenters. The first-order chi connectivity index (χ1) is 16.9. The van der Waals surface area contributed by atoms with E-state index >= 15 is 0 Å². The van der Waals surface area contributed by atoms with Crippen LogP contribution in [-0.2, 0) is 20.5 Å². The van der Waals surface area contributed by atoms with Crippen LogP contribution in [0.25, 0.3) is 11.1 Å². The zero-order valence-corrected chi connectivity index (χ0v) is 23.4. The number of rotatable bonds is 7. The monoisotopic (exact) mass is 616 g/mol. The van der Waals surface area contributed by atoms with E-state index in [1.54, 1.807) is 50.6 Å². The molecule has 7 heteroatoms. The van der Waals surface area contributed by atoms with Crippen molar-refractivity contribution < 1.29 is 17.9 Å². The van der Waals surface area contributed by atoms with Gasteiger partial charge in [-0.15, -0.1) is 0 Å². The fraction of sp³-hybridized carbons (Fsp3) is 0.143. The van der Waals surface area contributed by atoms with Crippen molar-refractivity contribution >= 4 is 41.7 Å². The molecule has 0 N–H and O–H groups in total. The summed E-state index contributed by atoms with van der Waals surface area (Å²) in [6.07, 6.45) is 0. The minimum Gasteiger partial charge on any atom is -0.496 e. The Morgan fingerprint density at radius 3 is 1.29 bits per heavy atom. The molecule has 4 aromatic rings. The van der Waals surface area contributed by atoms with Crippen molar-refractivity contribution in [1.29, 1.82) is 0 Å². The molecule has 35 heavy (non-hydrogen) atoms. The largest absolute Gasteiger partial charge is 0.496 e. The van der Waals surface area contributed by atoms with Crippen LogP contribution < -0.4 is 9.47 Å². The molecule has 0 fully saturated rings. The van der Waals surface area contributed by atoms with Crippen LogP contribution in [0.4, 0.5) is 0 Å². The highest BCUT2D eigenvalue weighted by Gasteiger charge is 2.20. The molecule has 0 aliphatic carbocycles. The topological polar surface area (TPSA) is 52.6 Å². The summed E-state index contributed by atoms with van der Waals surface area (Å²) in [7, 11) is -0.493. The first-order valence-electron chi connectivity index (χ1n) is 10.8. The second kappa shape index (κ2) is 12.9. The van der Waals surface area contributed by atoms with Gasteiger partial charge in [-0.05, 0) is 47.5 Å². The normalized spacial score (nSPS) is 10.7.